The van der Waals surface area contributed by atoms with E-state index >= 15 is 0 Å². The fourth-order valence-corrected chi connectivity index (χ4v) is 2.66. The van der Waals surface area contributed by atoms with Crippen molar-refractivity contribution in [2.24, 2.45) is 0 Å². The molecule has 3 rings (SSSR count). The molecule has 6 nitrogen and oxygen atoms in total. The Labute approximate surface area is 159 Å². The summed E-state index contributed by atoms with van der Waals surface area (Å²) in [5, 5.41) is 2.88. The number of likely N-dealkylation sites (N-methyl/N-ethyl adjacent to an activating group) is 1. The van der Waals surface area contributed by atoms with Crippen molar-refractivity contribution in [3.8, 4) is 0 Å². The van der Waals surface area contributed by atoms with Crippen molar-refractivity contribution >= 4 is 17.4 Å². The molecule has 3 aromatic rings. The zero-order valence-corrected chi connectivity index (χ0v) is 15.6. The van der Waals surface area contributed by atoms with E-state index in [1.54, 1.807) is 18.5 Å². The second kappa shape index (κ2) is 8.89. The molecular weight excluding hydrogens is 338 g/mol. The van der Waals surface area contributed by atoms with Crippen molar-refractivity contribution in [3.05, 3.63) is 78.0 Å². The number of hydrogen-bond donors (Lipinski definition) is 1. The van der Waals surface area contributed by atoms with Crippen LogP contribution in [0.15, 0.2) is 61.2 Å². The average molecular weight is 361 g/mol. The smallest absolute Gasteiger partial charge is 0.274 e. The number of benzene rings is 1. The van der Waals surface area contributed by atoms with Gasteiger partial charge in [-0.2, -0.15) is 0 Å². The number of carbonyl (C=O) groups excluding carboxylic acids is 1. The molecule has 0 radical (unpaired) electrons. The zero-order chi connectivity index (χ0) is 19.1. The molecule has 0 bridgehead atoms. The van der Waals surface area contributed by atoms with Gasteiger partial charge in [0.05, 0.1) is 0 Å². The molecule has 0 aliphatic carbocycles. The second-order valence-electron chi connectivity index (χ2n) is 6.29. The SMILES string of the molecule is CCc1ccc(NC(=O)c2cc(N(C)CCc3ccncc3)ncn2)cc1. The Morgan fingerprint density at radius 3 is 2.48 bits per heavy atom. The van der Waals surface area contributed by atoms with E-state index in [1.165, 1.54) is 17.5 Å². The summed E-state index contributed by atoms with van der Waals surface area (Å²) in [7, 11) is 1.95. The maximum Gasteiger partial charge on any atom is 0.274 e. The Balaban J connectivity index is 1.63. The monoisotopic (exact) mass is 361 g/mol. The summed E-state index contributed by atoms with van der Waals surface area (Å²) in [6, 6.07) is 13.5. The Morgan fingerprint density at radius 2 is 1.78 bits per heavy atom. The highest BCUT2D eigenvalue weighted by Gasteiger charge is 2.11. The van der Waals surface area contributed by atoms with Crippen LogP contribution in [-0.4, -0.2) is 34.5 Å². The number of nitrogens with zero attached hydrogens (tertiary/aromatic N) is 4. The van der Waals surface area contributed by atoms with Crippen LogP contribution in [-0.2, 0) is 12.8 Å². The van der Waals surface area contributed by atoms with Crippen molar-refractivity contribution in [1.82, 2.24) is 15.0 Å². The Morgan fingerprint density at radius 1 is 1.04 bits per heavy atom. The molecule has 6 heteroatoms. The molecule has 0 unspecified atom stereocenters. The lowest BCUT2D eigenvalue weighted by atomic mass is 10.1. The van der Waals surface area contributed by atoms with Gasteiger partial charge in [0.1, 0.15) is 17.8 Å². The number of hydrogen-bond acceptors (Lipinski definition) is 5. The van der Waals surface area contributed by atoms with Crippen LogP contribution < -0.4 is 10.2 Å². The maximum atomic E-state index is 12.5. The lowest BCUT2D eigenvalue weighted by Gasteiger charge is -2.18. The van der Waals surface area contributed by atoms with Gasteiger partial charge in [-0.1, -0.05) is 19.1 Å². The number of aromatic nitrogens is 3. The van der Waals surface area contributed by atoms with Gasteiger partial charge in [-0.15, -0.1) is 0 Å². The standard InChI is InChI=1S/C21H23N5O/c1-3-16-4-6-18(7-5-16)25-21(27)19-14-20(24-15-23-19)26(2)13-10-17-8-11-22-12-9-17/h4-9,11-12,14-15H,3,10,13H2,1-2H3,(H,25,27). The Hall–Kier alpha value is -3.28. The summed E-state index contributed by atoms with van der Waals surface area (Å²) < 4.78 is 0. The molecule has 138 valence electrons. The number of anilines is 2. The fraction of sp³-hybridized carbons (Fsp3) is 0.238. The number of nitrogens with one attached hydrogen (secondary N) is 1. The van der Waals surface area contributed by atoms with Crippen molar-refractivity contribution < 1.29 is 4.79 Å². The van der Waals surface area contributed by atoms with Gasteiger partial charge in [0.25, 0.3) is 5.91 Å². The van der Waals surface area contributed by atoms with Crippen LogP contribution in [0.25, 0.3) is 0 Å². The molecule has 0 spiro atoms. The molecule has 0 atom stereocenters. The first-order valence-corrected chi connectivity index (χ1v) is 8.98. The number of pyridine rings is 1. The molecule has 1 aromatic carbocycles. The van der Waals surface area contributed by atoms with Crippen molar-refractivity contribution in [2.75, 3.05) is 23.8 Å². The van der Waals surface area contributed by atoms with Gasteiger partial charge in [0, 0.05) is 37.7 Å². The van der Waals surface area contributed by atoms with Crippen LogP contribution in [0.1, 0.15) is 28.5 Å². The molecule has 2 aromatic heterocycles. The zero-order valence-electron chi connectivity index (χ0n) is 15.6. The van der Waals surface area contributed by atoms with Crippen LogP contribution in [0.4, 0.5) is 11.5 Å². The summed E-state index contributed by atoms with van der Waals surface area (Å²) in [6.45, 7) is 2.88. The summed E-state index contributed by atoms with van der Waals surface area (Å²) in [6.07, 6.45) is 6.84. The number of rotatable bonds is 7. The quantitative estimate of drug-likeness (QED) is 0.699. The van der Waals surface area contributed by atoms with E-state index < -0.39 is 0 Å². The third-order valence-corrected chi connectivity index (χ3v) is 4.38. The number of amides is 1. The molecule has 0 saturated heterocycles. The summed E-state index contributed by atoms with van der Waals surface area (Å²) in [4.78, 5) is 26.9. The van der Waals surface area contributed by atoms with Gasteiger partial charge in [0.15, 0.2) is 0 Å². The van der Waals surface area contributed by atoms with E-state index in [4.69, 9.17) is 0 Å². The lowest BCUT2D eigenvalue weighted by molar-refractivity contribution is 0.102. The maximum absolute atomic E-state index is 12.5. The minimum absolute atomic E-state index is 0.245. The minimum atomic E-state index is -0.245. The highest BCUT2D eigenvalue weighted by atomic mass is 16.1. The molecule has 1 amide bonds. The van der Waals surface area contributed by atoms with Crippen molar-refractivity contribution in [1.29, 1.82) is 0 Å². The van der Waals surface area contributed by atoms with E-state index in [0.717, 1.165) is 25.1 Å². The second-order valence-corrected chi connectivity index (χ2v) is 6.29. The van der Waals surface area contributed by atoms with Gasteiger partial charge in [0.2, 0.25) is 0 Å². The Bertz CT molecular complexity index is 881. The number of aryl methyl sites for hydroxylation is 1. The third-order valence-electron chi connectivity index (χ3n) is 4.38. The first-order chi connectivity index (χ1) is 13.2. The van der Waals surface area contributed by atoms with Crippen LogP contribution >= 0.6 is 0 Å². The summed E-state index contributed by atoms with van der Waals surface area (Å²) in [5.74, 6) is 0.468. The van der Waals surface area contributed by atoms with E-state index in [2.05, 4.69) is 27.2 Å². The summed E-state index contributed by atoms with van der Waals surface area (Å²) >= 11 is 0. The van der Waals surface area contributed by atoms with Gasteiger partial charge in [-0.05, 0) is 48.2 Å². The first kappa shape index (κ1) is 18.5. The van der Waals surface area contributed by atoms with Crippen LogP contribution in [0, 0.1) is 0 Å². The molecule has 0 saturated carbocycles. The van der Waals surface area contributed by atoms with Crippen molar-refractivity contribution in [3.63, 3.8) is 0 Å². The van der Waals surface area contributed by atoms with Gasteiger partial charge < -0.3 is 10.2 Å². The fourth-order valence-electron chi connectivity index (χ4n) is 2.66. The lowest BCUT2D eigenvalue weighted by Crippen LogP contribution is -2.23. The van der Waals surface area contributed by atoms with E-state index in [9.17, 15) is 4.79 Å². The molecule has 27 heavy (non-hydrogen) atoms. The highest BCUT2D eigenvalue weighted by molar-refractivity contribution is 6.03. The molecule has 2 heterocycles. The van der Waals surface area contributed by atoms with E-state index in [-0.39, 0.29) is 5.91 Å². The average Bonchev–Trinajstić information content (AvgIpc) is 2.73. The minimum Gasteiger partial charge on any atom is -0.359 e. The molecule has 0 fully saturated rings. The predicted octanol–water partition coefficient (Wildman–Crippen LogP) is 3.37. The summed E-state index contributed by atoms with van der Waals surface area (Å²) in [5.41, 5.74) is 3.53. The molecular formula is C21H23N5O. The third kappa shape index (κ3) is 5.10. The topological polar surface area (TPSA) is 71.0 Å². The molecule has 1 N–H and O–H groups in total. The van der Waals surface area contributed by atoms with Crippen LogP contribution in [0.2, 0.25) is 0 Å². The van der Waals surface area contributed by atoms with E-state index in [0.29, 0.717) is 11.5 Å². The van der Waals surface area contributed by atoms with Crippen LogP contribution in [0.5, 0.6) is 0 Å². The van der Waals surface area contributed by atoms with Gasteiger partial charge >= 0.3 is 0 Å². The largest absolute Gasteiger partial charge is 0.359 e. The van der Waals surface area contributed by atoms with Crippen LogP contribution in [0.3, 0.4) is 0 Å². The van der Waals surface area contributed by atoms with Crippen molar-refractivity contribution in [2.45, 2.75) is 19.8 Å². The predicted molar refractivity (Wildman–Crippen MR) is 107 cm³/mol. The van der Waals surface area contributed by atoms with E-state index in [1.807, 2.05) is 48.3 Å². The van der Waals surface area contributed by atoms with Gasteiger partial charge in [-0.3, -0.25) is 9.78 Å². The highest BCUT2D eigenvalue weighted by Crippen LogP contribution is 2.14. The number of carbonyl (C=O) groups is 1. The first-order valence-electron chi connectivity index (χ1n) is 8.98. The molecule has 0 aliphatic heterocycles. The van der Waals surface area contributed by atoms with Gasteiger partial charge in [-0.25, -0.2) is 9.97 Å². The molecule has 0 aliphatic rings. The Kier molecular flexibility index (Phi) is 6.10. The normalized spacial score (nSPS) is 10.4.